The van der Waals surface area contributed by atoms with Gasteiger partial charge in [0, 0.05) is 28.9 Å². The summed E-state index contributed by atoms with van der Waals surface area (Å²) in [6.07, 6.45) is 0. The Morgan fingerprint density at radius 3 is 2.21 bits per heavy atom. The number of thiophene rings is 1. The monoisotopic (exact) mass is 478 g/mol. The van der Waals surface area contributed by atoms with Crippen molar-refractivity contribution in [1.29, 1.82) is 5.41 Å². The number of hydrogen-bond donors (Lipinski definition) is 5. The van der Waals surface area contributed by atoms with Gasteiger partial charge in [-0.1, -0.05) is 26.8 Å². The maximum atomic E-state index is 12.9. The van der Waals surface area contributed by atoms with Crippen LogP contribution in [-0.2, 0) is 0 Å². The Bertz CT molecular complexity index is 1260. The summed E-state index contributed by atoms with van der Waals surface area (Å²) in [5, 5.41) is 24.6. The normalized spacial score (nSPS) is 11.0. The predicted molar refractivity (Wildman–Crippen MR) is 134 cm³/mol. The molecule has 6 N–H and O–H groups in total. The van der Waals surface area contributed by atoms with Crippen LogP contribution in [0, 0.1) is 10.8 Å². The van der Waals surface area contributed by atoms with Gasteiger partial charge in [-0.2, -0.15) is 0 Å². The van der Waals surface area contributed by atoms with Gasteiger partial charge in [-0.15, -0.1) is 11.3 Å². The number of anilines is 1. The molecule has 1 heterocycles. The second-order valence-corrected chi connectivity index (χ2v) is 9.83. The Labute approximate surface area is 201 Å². The van der Waals surface area contributed by atoms with Gasteiger partial charge >= 0.3 is 5.97 Å². The second-order valence-electron chi connectivity index (χ2n) is 8.92. The van der Waals surface area contributed by atoms with Crippen molar-refractivity contribution in [2.75, 3.05) is 11.9 Å². The number of aromatic carboxylic acids is 1. The lowest BCUT2D eigenvalue weighted by atomic mass is 9.95. The van der Waals surface area contributed by atoms with Gasteiger partial charge < -0.3 is 21.5 Å². The largest absolute Gasteiger partial charge is 0.478 e. The molecule has 0 aliphatic carbocycles. The van der Waals surface area contributed by atoms with Crippen LogP contribution in [0.15, 0.2) is 53.9 Å². The third kappa shape index (κ3) is 5.87. The van der Waals surface area contributed by atoms with E-state index in [0.29, 0.717) is 33.8 Å². The van der Waals surface area contributed by atoms with Gasteiger partial charge in [-0.3, -0.25) is 15.0 Å². The summed E-state index contributed by atoms with van der Waals surface area (Å²) in [4.78, 5) is 37.8. The van der Waals surface area contributed by atoms with Crippen LogP contribution in [0.1, 0.15) is 56.7 Å². The summed E-state index contributed by atoms with van der Waals surface area (Å²) in [6, 6.07) is 12.6. The standard InChI is InChI=1S/C25H26N4O4S/c1-25(2,3)13-28-22(30)15-6-9-17(19(12-15)24(32)33)18-10-11-34-20(18)23(31)29-16-7-4-14(5-8-16)21(26)27/h4-12H,13H2,1-3H3,(H3,26,27)(H,28,30)(H,29,31)(H,32,33). The number of nitrogen functional groups attached to an aromatic ring is 1. The van der Waals surface area contributed by atoms with E-state index < -0.39 is 11.9 Å². The molecule has 1 aromatic heterocycles. The lowest BCUT2D eigenvalue weighted by Crippen LogP contribution is -2.32. The van der Waals surface area contributed by atoms with E-state index in [4.69, 9.17) is 11.1 Å². The van der Waals surface area contributed by atoms with E-state index in [1.54, 1.807) is 47.8 Å². The number of amidine groups is 1. The molecule has 2 amide bonds. The fourth-order valence-corrected chi connectivity index (χ4v) is 3.97. The van der Waals surface area contributed by atoms with Crippen LogP contribution in [0.4, 0.5) is 5.69 Å². The number of carbonyl (C=O) groups is 3. The highest BCUT2D eigenvalue weighted by atomic mass is 32.1. The van der Waals surface area contributed by atoms with Crippen LogP contribution < -0.4 is 16.4 Å². The van der Waals surface area contributed by atoms with Crippen molar-refractivity contribution in [3.63, 3.8) is 0 Å². The van der Waals surface area contributed by atoms with E-state index in [2.05, 4.69) is 10.6 Å². The molecule has 0 atom stereocenters. The molecule has 0 spiro atoms. The first-order chi connectivity index (χ1) is 16.0. The number of carboxylic acids is 1. The fourth-order valence-electron chi connectivity index (χ4n) is 3.16. The van der Waals surface area contributed by atoms with Gasteiger partial charge in [-0.05, 0) is 58.8 Å². The molecule has 0 aliphatic heterocycles. The van der Waals surface area contributed by atoms with E-state index in [1.165, 1.54) is 17.4 Å². The number of hydrogen-bond acceptors (Lipinski definition) is 5. The third-order valence-electron chi connectivity index (χ3n) is 4.91. The van der Waals surface area contributed by atoms with Crippen LogP contribution >= 0.6 is 11.3 Å². The van der Waals surface area contributed by atoms with E-state index in [-0.39, 0.29) is 28.3 Å². The van der Waals surface area contributed by atoms with Gasteiger partial charge in [0.2, 0.25) is 0 Å². The lowest BCUT2D eigenvalue weighted by molar-refractivity contribution is 0.0697. The number of nitrogens with one attached hydrogen (secondary N) is 3. The zero-order valence-electron chi connectivity index (χ0n) is 19.1. The quantitative estimate of drug-likeness (QED) is 0.252. The Morgan fingerprint density at radius 2 is 1.62 bits per heavy atom. The van der Waals surface area contributed by atoms with Crippen LogP contribution in [0.5, 0.6) is 0 Å². The minimum absolute atomic E-state index is 0.0679. The van der Waals surface area contributed by atoms with Gasteiger partial charge in [0.05, 0.1) is 5.56 Å². The smallest absolute Gasteiger partial charge is 0.336 e. The lowest BCUT2D eigenvalue weighted by Gasteiger charge is -2.19. The number of carbonyl (C=O) groups excluding carboxylic acids is 2. The Kier molecular flexibility index (Phi) is 7.17. The average Bonchev–Trinajstić information content (AvgIpc) is 3.27. The molecule has 8 nitrogen and oxygen atoms in total. The first kappa shape index (κ1) is 24.7. The van der Waals surface area contributed by atoms with Crippen LogP contribution in [0.25, 0.3) is 11.1 Å². The Balaban J connectivity index is 1.88. The molecule has 0 aliphatic rings. The van der Waals surface area contributed by atoms with Crippen LogP contribution in [0.2, 0.25) is 0 Å². The zero-order valence-corrected chi connectivity index (χ0v) is 19.9. The fraction of sp³-hybridized carbons (Fsp3) is 0.200. The summed E-state index contributed by atoms with van der Waals surface area (Å²) in [5.74, 6) is -2.03. The van der Waals surface area contributed by atoms with Crippen LogP contribution in [-0.4, -0.2) is 35.3 Å². The maximum Gasteiger partial charge on any atom is 0.336 e. The van der Waals surface area contributed by atoms with Crippen molar-refractivity contribution < 1.29 is 19.5 Å². The summed E-state index contributed by atoms with van der Waals surface area (Å²) >= 11 is 1.18. The molecule has 9 heteroatoms. The summed E-state index contributed by atoms with van der Waals surface area (Å²) in [7, 11) is 0. The first-order valence-corrected chi connectivity index (χ1v) is 11.3. The molecule has 0 unspecified atom stereocenters. The summed E-state index contributed by atoms with van der Waals surface area (Å²) in [5.41, 5.74) is 7.36. The van der Waals surface area contributed by atoms with E-state index in [0.717, 1.165) is 0 Å². The predicted octanol–water partition coefficient (Wildman–Crippen LogP) is 4.43. The number of rotatable bonds is 7. The maximum absolute atomic E-state index is 12.9. The summed E-state index contributed by atoms with van der Waals surface area (Å²) in [6.45, 7) is 6.40. The molecular weight excluding hydrogens is 452 g/mol. The average molecular weight is 479 g/mol. The molecule has 0 fully saturated rings. The number of amides is 2. The molecule has 0 radical (unpaired) electrons. The minimum atomic E-state index is -1.20. The first-order valence-electron chi connectivity index (χ1n) is 10.5. The molecule has 3 rings (SSSR count). The molecule has 176 valence electrons. The molecule has 34 heavy (non-hydrogen) atoms. The highest BCUT2D eigenvalue weighted by molar-refractivity contribution is 7.12. The van der Waals surface area contributed by atoms with Crippen molar-refractivity contribution >= 4 is 40.6 Å². The highest BCUT2D eigenvalue weighted by Gasteiger charge is 2.22. The van der Waals surface area contributed by atoms with Crippen molar-refractivity contribution in [3.8, 4) is 11.1 Å². The Morgan fingerprint density at radius 1 is 0.971 bits per heavy atom. The topological polar surface area (TPSA) is 145 Å². The molecule has 0 saturated carbocycles. The van der Waals surface area contributed by atoms with Gasteiger partial charge in [0.15, 0.2) is 0 Å². The number of carboxylic acid groups (broad SMARTS) is 1. The van der Waals surface area contributed by atoms with Crippen molar-refractivity contribution in [2.24, 2.45) is 11.1 Å². The zero-order chi connectivity index (χ0) is 25.0. The third-order valence-corrected chi connectivity index (χ3v) is 5.82. The number of benzene rings is 2. The van der Waals surface area contributed by atoms with Crippen LogP contribution in [0.3, 0.4) is 0 Å². The van der Waals surface area contributed by atoms with Crippen molar-refractivity contribution in [3.05, 3.63) is 75.5 Å². The van der Waals surface area contributed by atoms with E-state index >= 15 is 0 Å². The molecule has 0 saturated heterocycles. The number of nitrogens with two attached hydrogens (primary N) is 1. The van der Waals surface area contributed by atoms with Gasteiger partial charge in [0.25, 0.3) is 11.8 Å². The molecule has 3 aromatic rings. The molecule has 0 bridgehead atoms. The minimum Gasteiger partial charge on any atom is -0.478 e. The van der Waals surface area contributed by atoms with Gasteiger partial charge in [0.1, 0.15) is 10.7 Å². The van der Waals surface area contributed by atoms with Gasteiger partial charge in [-0.25, -0.2) is 4.79 Å². The molecular formula is C25H26N4O4S. The summed E-state index contributed by atoms with van der Waals surface area (Å²) < 4.78 is 0. The molecule has 2 aromatic carbocycles. The Hall–Kier alpha value is -3.98. The van der Waals surface area contributed by atoms with Crippen molar-refractivity contribution in [2.45, 2.75) is 20.8 Å². The van der Waals surface area contributed by atoms with E-state index in [9.17, 15) is 19.5 Å². The highest BCUT2D eigenvalue weighted by Crippen LogP contribution is 2.32. The van der Waals surface area contributed by atoms with E-state index in [1.807, 2.05) is 20.8 Å². The second kappa shape index (κ2) is 9.88. The van der Waals surface area contributed by atoms with Crippen molar-refractivity contribution in [1.82, 2.24) is 5.32 Å². The SMILES string of the molecule is CC(C)(C)CNC(=O)c1ccc(-c2ccsc2C(=O)Nc2ccc(C(=N)N)cc2)c(C(=O)O)c1.